The van der Waals surface area contributed by atoms with Crippen LogP contribution < -0.4 is 4.90 Å². The summed E-state index contributed by atoms with van der Waals surface area (Å²) in [5, 5.41) is 0. The second-order valence-corrected chi connectivity index (χ2v) is 9.45. The zero-order valence-corrected chi connectivity index (χ0v) is 19.2. The van der Waals surface area contributed by atoms with Gasteiger partial charge < -0.3 is 19.1 Å². The highest BCUT2D eigenvalue weighted by Gasteiger charge is 2.31. The predicted octanol–water partition coefficient (Wildman–Crippen LogP) is 5.06. The molecule has 1 aliphatic rings. The number of fused-ring (bicyclic) bond motifs is 1. The van der Waals surface area contributed by atoms with Gasteiger partial charge in [0.15, 0.2) is 0 Å². The molecule has 0 radical (unpaired) electrons. The summed E-state index contributed by atoms with van der Waals surface area (Å²) in [7, 11) is 2.03. The monoisotopic (exact) mass is 438 g/mol. The van der Waals surface area contributed by atoms with E-state index in [1.165, 1.54) is 12.1 Å². The molecule has 0 N–H and O–H groups in total. The lowest BCUT2D eigenvalue weighted by Crippen LogP contribution is -2.50. The van der Waals surface area contributed by atoms with Gasteiger partial charge in [-0.25, -0.2) is 14.2 Å². The molecule has 6 nitrogen and oxygen atoms in total. The number of likely N-dealkylation sites (tertiary alicyclic amines) is 1. The van der Waals surface area contributed by atoms with Crippen molar-refractivity contribution in [2.45, 2.75) is 51.8 Å². The minimum atomic E-state index is -0.515. The highest BCUT2D eigenvalue weighted by Crippen LogP contribution is 2.27. The van der Waals surface area contributed by atoms with Gasteiger partial charge in [-0.1, -0.05) is 24.3 Å². The molecule has 7 heteroatoms. The number of rotatable bonds is 4. The standard InChI is InChI=1S/C25H31FN4O2/c1-25(2,3)32-24(31)29-15-7-8-20(17-29)28(4)23-27-21-9-5-6-10-22(21)30(23)16-18-11-13-19(26)14-12-18/h5-6,9-14,20H,7-8,15-17H2,1-4H3/t20-/m0/s1. The van der Waals surface area contributed by atoms with E-state index >= 15 is 0 Å². The van der Waals surface area contributed by atoms with Crippen LogP contribution in [0.3, 0.4) is 0 Å². The Labute approximate surface area is 188 Å². The van der Waals surface area contributed by atoms with Gasteiger partial charge in [0, 0.05) is 26.2 Å². The van der Waals surface area contributed by atoms with Crippen LogP contribution in [0.25, 0.3) is 11.0 Å². The molecule has 32 heavy (non-hydrogen) atoms. The second-order valence-electron chi connectivity index (χ2n) is 9.45. The summed E-state index contributed by atoms with van der Waals surface area (Å²) in [5.41, 5.74) is 2.43. The van der Waals surface area contributed by atoms with E-state index in [9.17, 15) is 9.18 Å². The van der Waals surface area contributed by atoms with Crippen molar-refractivity contribution >= 4 is 23.1 Å². The van der Waals surface area contributed by atoms with Gasteiger partial charge in [0.25, 0.3) is 0 Å². The Balaban J connectivity index is 1.61. The maximum atomic E-state index is 13.4. The minimum absolute atomic E-state index is 0.125. The number of amides is 1. The van der Waals surface area contributed by atoms with Crippen molar-refractivity contribution in [2.24, 2.45) is 0 Å². The highest BCUT2D eigenvalue weighted by atomic mass is 19.1. The normalized spacial score (nSPS) is 16.9. The van der Waals surface area contributed by atoms with Crippen molar-refractivity contribution in [2.75, 3.05) is 25.0 Å². The number of benzene rings is 2. The van der Waals surface area contributed by atoms with E-state index in [0.29, 0.717) is 19.6 Å². The van der Waals surface area contributed by atoms with E-state index in [4.69, 9.17) is 9.72 Å². The number of aromatic nitrogens is 2. The number of imidazole rings is 1. The molecule has 1 saturated heterocycles. The lowest BCUT2D eigenvalue weighted by Gasteiger charge is -2.38. The number of piperidine rings is 1. The van der Waals surface area contributed by atoms with Crippen LogP contribution in [0.2, 0.25) is 0 Å². The maximum absolute atomic E-state index is 13.4. The number of nitrogens with zero attached hydrogens (tertiary/aromatic N) is 4. The molecule has 0 aliphatic carbocycles. The first-order valence-corrected chi connectivity index (χ1v) is 11.1. The molecule has 1 aliphatic heterocycles. The van der Waals surface area contributed by atoms with E-state index in [1.54, 1.807) is 17.0 Å². The summed E-state index contributed by atoms with van der Waals surface area (Å²) < 4.78 is 21.2. The van der Waals surface area contributed by atoms with E-state index in [2.05, 4.69) is 15.5 Å². The second kappa shape index (κ2) is 8.81. The molecule has 0 spiro atoms. The molecule has 0 saturated carbocycles. The third-order valence-corrected chi connectivity index (χ3v) is 5.80. The smallest absolute Gasteiger partial charge is 0.410 e. The molecule has 1 aromatic heterocycles. The zero-order valence-electron chi connectivity index (χ0n) is 19.2. The first-order valence-electron chi connectivity index (χ1n) is 11.1. The maximum Gasteiger partial charge on any atom is 0.410 e. The van der Waals surface area contributed by atoms with Gasteiger partial charge in [-0.2, -0.15) is 0 Å². The SMILES string of the molecule is CN(c1nc2ccccc2n1Cc1ccc(F)cc1)[C@H]1CCCN(C(=O)OC(C)(C)C)C1. The Kier molecular flexibility index (Phi) is 6.09. The minimum Gasteiger partial charge on any atom is -0.444 e. The van der Waals surface area contributed by atoms with Gasteiger partial charge in [-0.15, -0.1) is 0 Å². The molecule has 1 amide bonds. The summed E-state index contributed by atoms with van der Waals surface area (Å²) in [6, 6.07) is 14.7. The third-order valence-electron chi connectivity index (χ3n) is 5.80. The van der Waals surface area contributed by atoms with Crippen molar-refractivity contribution < 1.29 is 13.9 Å². The number of ether oxygens (including phenoxy) is 1. The largest absolute Gasteiger partial charge is 0.444 e. The highest BCUT2D eigenvalue weighted by molar-refractivity contribution is 5.79. The summed E-state index contributed by atoms with van der Waals surface area (Å²) in [5.74, 6) is 0.595. The summed E-state index contributed by atoms with van der Waals surface area (Å²) >= 11 is 0. The Bertz CT molecular complexity index is 1090. The van der Waals surface area contributed by atoms with Gasteiger partial charge in [0.2, 0.25) is 5.95 Å². The molecule has 4 rings (SSSR count). The summed E-state index contributed by atoms with van der Waals surface area (Å²) in [6.07, 6.45) is 1.61. The fourth-order valence-electron chi connectivity index (χ4n) is 4.19. The molecule has 170 valence electrons. The number of carbonyl (C=O) groups excluding carboxylic acids is 1. The van der Waals surface area contributed by atoms with E-state index in [0.717, 1.165) is 35.4 Å². The molecule has 3 aromatic rings. The Hall–Kier alpha value is -3.09. The van der Waals surface area contributed by atoms with Gasteiger partial charge in [-0.05, 0) is 63.4 Å². The van der Waals surface area contributed by atoms with Gasteiger partial charge >= 0.3 is 6.09 Å². The Morgan fingerprint density at radius 1 is 1.19 bits per heavy atom. The number of para-hydroxylation sites is 2. The van der Waals surface area contributed by atoms with Crippen LogP contribution in [0.1, 0.15) is 39.2 Å². The average molecular weight is 439 g/mol. The van der Waals surface area contributed by atoms with Crippen LogP contribution in [0.15, 0.2) is 48.5 Å². The van der Waals surface area contributed by atoms with Crippen LogP contribution in [-0.4, -0.2) is 52.3 Å². The summed E-state index contributed by atoms with van der Waals surface area (Å²) in [4.78, 5) is 21.5. The molecule has 1 fully saturated rings. The van der Waals surface area contributed by atoms with Crippen LogP contribution in [0, 0.1) is 5.82 Å². The van der Waals surface area contributed by atoms with Crippen LogP contribution in [-0.2, 0) is 11.3 Å². The average Bonchev–Trinajstić information content (AvgIpc) is 3.12. The van der Waals surface area contributed by atoms with Crippen molar-refractivity contribution in [1.82, 2.24) is 14.5 Å². The van der Waals surface area contributed by atoms with Crippen LogP contribution in [0.5, 0.6) is 0 Å². The van der Waals surface area contributed by atoms with Gasteiger partial charge in [0.1, 0.15) is 11.4 Å². The Morgan fingerprint density at radius 2 is 1.91 bits per heavy atom. The quantitative estimate of drug-likeness (QED) is 0.571. The number of hydrogen-bond acceptors (Lipinski definition) is 4. The van der Waals surface area contributed by atoms with E-state index in [1.807, 2.05) is 46.0 Å². The fraction of sp³-hybridized carbons (Fsp3) is 0.440. The number of likely N-dealkylation sites (N-methyl/N-ethyl adjacent to an activating group) is 1. The van der Waals surface area contributed by atoms with Crippen molar-refractivity contribution in [1.29, 1.82) is 0 Å². The van der Waals surface area contributed by atoms with Gasteiger partial charge in [0.05, 0.1) is 17.6 Å². The summed E-state index contributed by atoms with van der Waals surface area (Å²) in [6.45, 7) is 7.53. The van der Waals surface area contributed by atoms with E-state index in [-0.39, 0.29) is 18.0 Å². The van der Waals surface area contributed by atoms with Crippen LogP contribution in [0.4, 0.5) is 15.1 Å². The molecule has 0 unspecified atom stereocenters. The van der Waals surface area contributed by atoms with Crippen molar-refractivity contribution in [3.05, 3.63) is 59.9 Å². The van der Waals surface area contributed by atoms with E-state index < -0.39 is 5.60 Å². The van der Waals surface area contributed by atoms with Crippen molar-refractivity contribution in [3.8, 4) is 0 Å². The number of halogens is 1. The number of carbonyl (C=O) groups is 1. The van der Waals surface area contributed by atoms with Crippen LogP contribution >= 0.6 is 0 Å². The first-order chi connectivity index (χ1) is 15.2. The van der Waals surface area contributed by atoms with Crippen molar-refractivity contribution in [3.63, 3.8) is 0 Å². The fourth-order valence-corrected chi connectivity index (χ4v) is 4.19. The lowest BCUT2D eigenvalue weighted by atomic mass is 10.1. The number of anilines is 1. The topological polar surface area (TPSA) is 50.6 Å². The number of hydrogen-bond donors (Lipinski definition) is 0. The molecular formula is C25H31FN4O2. The molecule has 2 heterocycles. The van der Waals surface area contributed by atoms with Gasteiger partial charge in [-0.3, -0.25) is 0 Å². The zero-order chi connectivity index (χ0) is 22.9. The first kappa shape index (κ1) is 22.1. The lowest BCUT2D eigenvalue weighted by molar-refractivity contribution is 0.0199. The molecule has 1 atom stereocenters. The Morgan fingerprint density at radius 3 is 2.62 bits per heavy atom. The third kappa shape index (κ3) is 4.87. The molecule has 0 bridgehead atoms. The predicted molar refractivity (Wildman–Crippen MR) is 124 cm³/mol. The molecular weight excluding hydrogens is 407 g/mol. The molecule has 2 aromatic carbocycles.